The van der Waals surface area contributed by atoms with Crippen molar-refractivity contribution in [1.29, 1.82) is 0 Å². The number of alkyl halides is 3. The molecule has 10 nitrogen and oxygen atoms in total. The molecule has 1 heterocycles. The molecule has 1 saturated heterocycles. The van der Waals surface area contributed by atoms with Crippen molar-refractivity contribution in [3.8, 4) is 0 Å². The number of amides is 2. The second-order valence-electron chi connectivity index (χ2n) is 8.17. The van der Waals surface area contributed by atoms with Gasteiger partial charge in [-0.05, 0) is 62.5 Å². The molecule has 35 heavy (non-hydrogen) atoms. The molecule has 14 heteroatoms. The van der Waals surface area contributed by atoms with Crippen LogP contribution in [0, 0.1) is 5.92 Å². The molecule has 2 rings (SSSR count). The number of hydrogen-bond donors (Lipinski definition) is 5. The molecule has 5 N–H and O–H groups in total. The van der Waals surface area contributed by atoms with E-state index in [1.54, 1.807) is 0 Å². The van der Waals surface area contributed by atoms with Gasteiger partial charge >= 0.3 is 12.1 Å². The number of hydrogen-bond acceptors (Lipinski definition) is 6. The van der Waals surface area contributed by atoms with Crippen molar-refractivity contribution in [2.45, 2.75) is 49.2 Å². The molecule has 0 unspecified atom stereocenters. The lowest BCUT2D eigenvalue weighted by atomic mass is 9.93. The maximum absolute atomic E-state index is 12.6. The molecule has 1 aliphatic rings. The number of aliphatic carboxylic acids is 1. The highest BCUT2D eigenvalue weighted by molar-refractivity contribution is 7.89. The van der Waals surface area contributed by atoms with Gasteiger partial charge in [0, 0.05) is 25.9 Å². The maximum atomic E-state index is 12.6. The molecule has 1 aliphatic heterocycles. The van der Waals surface area contributed by atoms with Crippen molar-refractivity contribution in [2.24, 2.45) is 5.92 Å². The number of nitrogens with one attached hydrogen (secondary N) is 4. The number of halogens is 3. The predicted molar refractivity (Wildman–Crippen MR) is 119 cm³/mol. The highest BCUT2D eigenvalue weighted by atomic mass is 32.2. The molecule has 0 aliphatic carbocycles. The Morgan fingerprint density at radius 2 is 1.63 bits per heavy atom. The average Bonchev–Trinajstić information content (AvgIpc) is 2.80. The molecule has 2 amide bonds. The van der Waals surface area contributed by atoms with E-state index in [-0.39, 0.29) is 18.9 Å². The Morgan fingerprint density at radius 1 is 1.03 bits per heavy atom. The molecular formula is C21H29F3N4O6S. The van der Waals surface area contributed by atoms with Crippen molar-refractivity contribution in [1.82, 2.24) is 20.7 Å². The summed E-state index contributed by atoms with van der Waals surface area (Å²) in [5.74, 6) is -1.90. The van der Waals surface area contributed by atoms with Gasteiger partial charge in [0.2, 0.25) is 21.8 Å². The fourth-order valence-corrected chi connectivity index (χ4v) is 4.66. The number of carboxylic acids is 1. The van der Waals surface area contributed by atoms with Crippen molar-refractivity contribution < 1.29 is 41.1 Å². The first kappa shape index (κ1) is 28.5. The van der Waals surface area contributed by atoms with Crippen LogP contribution in [0.25, 0.3) is 0 Å². The van der Waals surface area contributed by atoms with Crippen LogP contribution in [0.3, 0.4) is 0 Å². The summed E-state index contributed by atoms with van der Waals surface area (Å²) in [7, 11) is -4.47. The van der Waals surface area contributed by atoms with Gasteiger partial charge in [-0.25, -0.2) is 8.42 Å². The number of carboxylic acid groups (broad SMARTS) is 1. The van der Waals surface area contributed by atoms with Crippen molar-refractivity contribution in [3.05, 3.63) is 29.8 Å². The van der Waals surface area contributed by atoms with E-state index in [0.717, 1.165) is 32.4 Å². The average molecular weight is 523 g/mol. The lowest BCUT2D eigenvalue weighted by Crippen LogP contribution is -2.48. The lowest BCUT2D eigenvalue weighted by molar-refractivity contribution is -0.139. The zero-order valence-electron chi connectivity index (χ0n) is 18.9. The highest BCUT2D eigenvalue weighted by Crippen LogP contribution is 2.29. The Morgan fingerprint density at radius 3 is 2.20 bits per heavy atom. The summed E-state index contributed by atoms with van der Waals surface area (Å²) >= 11 is 0. The molecule has 0 aromatic heterocycles. The van der Waals surface area contributed by atoms with Gasteiger partial charge in [-0.2, -0.15) is 17.9 Å². The maximum Gasteiger partial charge on any atom is 0.416 e. The summed E-state index contributed by atoms with van der Waals surface area (Å²) < 4.78 is 64.5. The number of benzene rings is 1. The third-order valence-electron chi connectivity index (χ3n) is 5.50. The fraction of sp³-hybridized carbons (Fsp3) is 0.571. The standard InChI is InChI=1S/C21H29F3N4O6S/c22-21(23,24)15-2-4-16(5-3-15)35(33,34)28-17(20(31)32)13-27-19(30)9-12-26-18(29)6-1-14-7-10-25-11-8-14/h2-5,14,17,25,28H,1,6-13H2,(H,26,29)(H,27,30)(H,31,32)/t17-/m0/s1. The van der Waals surface area contributed by atoms with Gasteiger partial charge in [0.05, 0.1) is 10.5 Å². The first-order valence-corrected chi connectivity index (χ1v) is 12.5. The second-order valence-corrected chi connectivity index (χ2v) is 9.88. The molecule has 1 atom stereocenters. The van der Waals surface area contributed by atoms with Crippen LogP contribution in [0.5, 0.6) is 0 Å². The second kappa shape index (κ2) is 12.8. The van der Waals surface area contributed by atoms with Crippen LogP contribution in [0.2, 0.25) is 0 Å². The van der Waals surface area contributed by atoms with Crippen LogP contribution in [0.1, 0.15) is 37.7 Å². The first-order valence-electron chi connectivity index (χ1n) is 11.0. The van der Waals surface area contributed by atoms with E-state index >= 15 is 0 Å². The number of piperidine rings is 1. The Labute approximate surface area is 201 Å². The van der Waals surface area contributed by atoms with Crippen molar-refractivity contribution >= 4 is 27.8 Å². The van der Waals surface area contributed by atoms with E-state index in [4.69, 9.17) is 0 Å². The van der Waals surface area contributed by atoms with Crippen LogP contribution in [0.15, 0.2) is 29.2 Å². The van der Waals surface area contributed by atoms with E-state index in [0.29, 0.717) is 36.6 Å². The lowest BCUT2D eigenvalue weighted by Gasteiger charge is -2.22. The molecule has 1 aromatic rings. The van der Waals surface area contributed by atoms with E-state index in [1.165, 1.54) is 0 Å². The molecular weight excluding hydrogens is 493 g/mol. The Bertz CT molecular complexity index is 980. The van der Waals surface area contributed by atoms with Crippen LogP contribution in [-0.2, 0) is 30.6 Å². The Kier molecular flexibility index (Phi) is 10.5. The van der Waals surface area contributed by atoms with Gasteiger partial charge in [-0.1, -0.05) is 0 Å². The van der Waals surface area contributed by atoms with Gasteiger partial charge < -0.3 is 21.1 Å². The van der Waals surface area contributed by atoms with E-state index in [2.05, 4.69) is 16.0 Å². The van der Waals surface area contributed by atoms with Crippen molar-refractivity contribution in [3.63, 3.8) is 0 Å². The molecule has 1 fully saturated rings. The summed E-state index contributed by atoms with van der Waals surface area (Å²) in [5, 5.41) is 17.4. The number of rotatable bonds is 12. The summed E-state index contributed by atoms with van der Waals surface area (Å²) in [6.45, 7) is 1.30. The minimum Gasteiger partial charge on any atom is -0.480 e. The molecule has 0 bridgehead atoms. The Balaban J connectivity index is 1.77. The molecule has 196 valence electrons. The topological polar surface area (TPSA) is 154 Å². The molecule has 0 radical (unpaired) electrons. The normalized spacial score (nSPS) is 15.9. The van der Waals surface area contributed by atoms with Crippen LogP contribution < -0.4 is 20.7 Å². The zero-order chi connectivity index (χ0) is 26.1. The molecule has 0 saturated carbocycles. The first-order chi connectivity index (χ1) is 16.4. The van der Waals surface area contributed by atoms with Gasteiger partial charge in [0.25, 0.3) is 0 Å². The summed E-state index contributed by atoms with van der Waals surface area (Å²) in [5.41, 5.74) is -1.06. The minimum absolute atomic E-state index is 0.0336. The van der Waals surface area contributed by atoms with Gasteiger partial charge in [0.15, 0.2) is 0 Å². The third-order valence-corrected chi connectivity index (χ3v) is 6.99. The largest absolute Gasteiger partial charge is 0.480 e. The quantitative estimate of drug-likeness (QED) is 0.273. The van der Waals surface area contributed by atoms with E-state index in [9.17, 15) is 41.1 Å². The van der Waals surface area contributed by atoms with Crippen LogP contribution >= 0.6 is 0 Å². The SMILES string of the molecule is O=C(CCC1CCNCC1)NCCC(=O)NC[C@H](NS(=O)(=O)c1ccc(C(F)(F)F)cc1)C(=O)O. The van der Waals surface area contributed by atoms with E-state index in [1.807, 2.05) is 4.72 Å². The van der Waals surface area contributed by atoms with E-state index < -0.39 is 51.1 Å². The minimum atomic E-state index is -4.66. The summed E-state index contributed by atoms with van der Waals surface area (Å²) in [6.07, 6.45) is -1.66. The fourth-order valence-electron chi connectivity index (χ4n) is 3.47. The molecule has 0 spiro atoms. The highest BCUT2D eigenvalue weighted by Gasteiger charge is 2.31. The van der Waals surface area contributed by atoms with Crippen LogP contribution in [-0.4, -0.2) is 63.5 Å². The smallest absolute Gasteiger partial charge is 0.416 e. The zero-order valence-corrected chi connectivity index (χ0v) is 19.7. The van der Waals surface area contributed by atoms with Crippen LogP contribution in [0.4, 0.5) is 13.2 Å². The third kappa shape index (κ3) is 9.82. The van der Waals surface area contributed by atoms with Gasteiger partial charge in [0.1, 0.15) is 6.04 Å². The number of carbonyl (C=O) groups is 3. The number of carbonyl (C=O) groups excluding carboxylic acids is 2. The molecule has 1 aromatic carbocycles. The summed E-state index contributed by atoms with van der Waals surface area (Å²) in [6, 6.07) is 0.776. The summed E-state index contributed by atoms with van der Waals surface area (Å²) in [4.78, 5) is 34.8. The van der Waals surface area contributed by atoms with Gasteiger partial charge in [-0.3, -0.25) is 14.4 Å². The monoisotopic (exact) mass is 522 g/mol. The van der Waals surface area contributed by atoms with Gasteiger partial charge in [-0.15, -0.1) is 0 Å². The van der Waals surface area contributed by atoms with Crippen molar-refractivity contribution in [2.75, 3.05) is 26.2 Å². The Hall–Kier alpha value is -2.71. The number of sulfonamides is 1. The predicted octanol–water partition coefficient (Wildman–Crippen LogP) is 0.839.